The molecule has 1 amide bonds. The molecular weight excluding hydrogens is 300 g/mol. The van der Waals surface area contributed by atoms with Crippen molar-refractivity contribution in [3.05, 3.63) is 65.2 Å². The molecule has 0 heterocycles. The van der Waals surface area contributed by atoms with Gasteiger partial charge in [-0.2, -0.15) is 0 Å². The van der Waals surface area contributed by atoms with E-state index in [0.717, 1.165) is 18.4 Å². The Hall–Kier alpha value is -2.33. The van der Waals surface area contributed by atoms with Crippen molar-refractivity contribution in [2.75, 3.05) is 0 Å². The topological polar surface area (TPSA) is 75.3 Å². The molecule has 0 radical (unpaired) electrons. The minimum atomic E-state index is -0.403. The van der Waals surface area contributed by atoms with E-state index in [9.17, 15) is 9.90 Å². The maximum absolute atomic E-state index is 11.1. The average molecular weight is 326 g/mol. The zero-order chi connectivity index (χ0) is 17.7. The van der Waals surface area contributed by atoms with Crippen molar-refractivity contribution >= 4 is 5.91 Å². The second kappa shape index (κ2) is 7.49. The van der Waals surface area contributed by atoms with E-state index in [-0.39, 0.29) is 11.6 Å². The quantitative estimate of drug-likeness (QED) is 0.728. The van der Waals surface area contributed by atoms with E-state index in [1.165, 1.54) is 5.56 Å². The highest BCUT2D eigenvalue weighted by Gasteiger charge is 2.21. The Morgan fingerprint density at radius 3 is 2.38 bits per heavy atom. The summed E-state index contributed by atoms with van der Waals surface area (Å²) in [4.78, 5) is 11.1. The molecule has 1 atom stereocenters. The number of aromatic hydroxyl groups is 1. The number of para-hydroxylation sites is 1. The number of rotatable bonds is 7. The van der Waals surface area contributed by atoms with Crippen LogP contribution in [-0.4, -0.2) is 16.6 Å². The largest absolute Gasteiger partial charge is 0.508 e. The fraction of sp³-hybridized carbons (Fsp3) is 0.350. The Morgan fingerprint density at radius 2 is 1.79 bits per heavy atom. The van der Waals surface area contributed by atoms with Crippen molar-refractivity contribution in [1.29, 1.82) is 0 Å². The lowest BCUT2D eigenvalue weighted by molar-refractivity contribution is 0.1000. The highest BCUT2D eigenvalue weighted by molar-refractivity contribution is 5.92. The lowest BCUT2D eigenvalue weighted by Crippen LogP contribution is -2.41. The van der Waals surface area contributed by atoms with Gasteiger partial charge in [-0.3, -0.25) is 4.79 Å². The van der Waals surface area contributed by atoms with Crippen LogP contribution in [0.25, 0.3) is 0 Å². The normalized spacial score (nSPS) is 12.8. The lowest BCUT2D eigenvalue weighted by Gasteiger charge is -2.31. The van der Waals surface area contributed by atoms with Crippen molar-refractivity contribution in [3.8, 4) is 5.75 Å². The number of benzene rings is 2. The molecule has 128 valence electrons. The molecule has 0 aliphatic heterocycles. The first-order valence-corrected chi connectivity index (χ1v) is 8.23. The van der Waals surface area contributed by atoms with E-state index in [1.54, 1.807) is 18.2 Å². The van der Waals surface area contributed by atoms with Crippen molar-refractivity contribution in [1.82, 2.24) is 5.32 Å². The molecular formula is C20H26N2O2. The van der Waals surface area contributed by atoms with Crippen LogP contribution >= 0.6 is 0 Å². The maximum Gasteiger partial charge on any atom is 0.248 e. The van der Waals surface area contributed by atoms with E-state index in [0.29, 0.717) is 11.3 Å². The Kier molecular flexibility index (Phi) is 5.62. The summed E-state index contributed by atoms with van der Waals surface area (Å²) in [6.07, 6.45) is 1.83. The average Bonchev–Trinajstić information content (AvgIpc) is 2.53. The SMILES string of the molecule is CC(NC(C)(C)CCc1ccc(C(N)=O)cc1)c1ccccc1O. The van der Waals surface area contributed by atoms with Gasteiger partial charge in [0, 0.05) is 22.7 Å². The zero-order valence-corrected chi connectivity index (χ0v) is 14.5. The summed E-state index contributed by atoms with van der Waals surface area (Å²) in [6.45, 7) is 6.36. The van der Waals surface area contributed by atoms with Crippen LogP contribution in [0.1, 0.15) is 54.7 Å². The van der Waals surface area contributed by atoms with Crippen molar-refractivity contribution in [2.24, 2.45) is 5.73 Å². The van der Waals surface area contributed by atoms with E-state index < -0.39 is 5.91 Å². The second-order valence-electron chi connectivity index (χ2n) is 6.87. The van der Waals surface area contributed by atoms with Crippen LogP contribution in [0.3, 0.4) is 0 Å². The fourth-order valence-electron chi connectivity index (χ4n) is 2.88. The number of carbonyl (C=O) groups excluding carboxylic acids is 1. The zero-order valence-electron chi connectivity index (χ0n) is 14.5. The molecule has 4 nitrogen and oxygen atoms in total. The Bertz CT molecular complexity index is 693. The van der Waals surface area contributed by atoms with Gasteiger partial charge >= 0.3 is 0 Å². The summed E-state index contributed by atoms with van der Waals surface area (Å²) in [5.74, 6) is -0.0876. The van der Waals surface area contributed by atoms with Gasteiger partial charge in [-0.15, -0.1) is 0 Å². The molecule has 4 heteroatoms. The summed E-state index contributed by atoms with van der Waals surface area (Å²) in [5.41, 5.74) is 7.77. The summed E-state index contributed by atoms with van der Waals surface area (Å²) in [6, 6.07) is 14.9. The monoisotopic (exact) mass is 326 g/mol. The van der Waals surface area contributed by atoms with Gasteiger partial charge in [0.15, 0.2) is 0 Å². The van der Waals surface area contributed by atoms with E-state index in [4.69, 9.17) is 5.73 Å². The van der Waals surface area contributed by atoms with Crippen LogP contribution in [0, 0.1) is 0 Å². The number of phenolic OH excluding ortho intramolecular Hbond substituents is 1. The molecule has 0 spiro atoms. The minimum Gasteiger partial charge on any atom is -0.508 e. The second-order valence-corrected chi connectivity index (χ2v) is 6.87. The van der Waals surface area contributed by atoms with Gasteiger partial charge in [-0.1, -0.05) is 30.3 Å². The number of nitrogens with two attached hydrogens (primary N) is 1. The molecule has 0 saturated carbocycles. The van der Waals surface area contributed by atoms with E-state index >= 15 is 0 Å². The standard InChI is InChI=1S/C20H26N2O2/c1-14(17-6-4-5-7-18(17)23)22-20(2,3)13-12-15-8-10-16(11-9-15)19(21)24/h4-11,14,22-23H,12-13H2,1-3H3,(H2,21,24). The van der Waals surface area contributed by atoms with Gasteiger partial charge < -0.3 is 16.2 Å². The molecule has 0 aliphatic carbocycles. The number of primary amides is 1. The smallest absolute Gasteiger partial charge is 0.248 e. The first kappa shape index (κ1) is 18.0. The molecule has 0 aromatic heterocycles. The van der Waals surface area contributed by atoms with Crippen molar-refractivity contribution < 1.29 is 9.90 Å². The maximum atomic E-state index is 11.1. The van der Waals surface area contributed by atoms with Crippen molar-refractivity contribution in [3.63, 3.8) is 0 Å². The minimum absolute atomic E-state index is 0.0541. The van der Waals surface area contributed by atoms with Gasteiger partial charge in [-0.25, -0.2) is 0 Å². The fourth-order valence-corrected chi connectivity index (χ4v) is 2.88. The number of nitrogens with one attached hydrogen (secondary N) is 1. The number of amides is 1. The number of carbonyl (C=O) groups is 1. The van der Waals surface area contributed by atoms with Gasteiger partial charge in [0.2, 0.25) is 5.91 Å². The van der Waals surface area contributed by atoms with Gasteiger partial charge in [-0.05, 0) is 57.4 Å². The third-order valence-electron chi connectivity index (χ3n) is 4.29. The Balaban J connectivity index is 1.95. The highest BCUT2D eigenvalue weighted by atomic mass is 16.3. The van der Waals surface area contributed by atoms with E-state index in [2.05, 4.69) is 26.1 Å². The molecule has 0 saturated heterocycles. The van der Waals surface area contributed by atoms with Gasteiger partial charge in [0.1, 0.15) is 5.75 Å². The van der Waals surface area contributed by atoms with Crippen LogP contribution in [0.5, 0.6) is 5.75 Å². The van der Waals surface area contributed by atoms with Gasteiger partial charge in [0.25, 0.3) is 0 Å². The molecule has 2 rings (SSSR count). The first-order chi connectivity index (χ1) is 11.3. The van der Waals surface area contributed by atoms with Crippen LogP contribution in [-0.2, 0) is 6.42 Å². The highest BCUT2D eigenvalue weighted by Crippen LogP contribution is 2.26. The van der Waals surface area contributed by atoms with Crippen LogP contribution in [0.4, 0.5) is 0 Å². The van der Waals surface area contributed by atoms with Crippen LogP contribution in [0.2, 0.25) is 0 Å². The molecule has 0 bridgehead atoms. The summed E-state index contributed by atoms with van der Waals surface area (Å²) in [7, 11) is 0. The predicted octanol–water partition coefficient (Wildman–Crippen LogP) is 3.55. The predicted molar refractivity (Wildman–Crippen MR) is 97.0 cm³/mol. The lowest BCUT2D eigenvalue weighted by atomic mass is 9.93. The number of phenols is 1. The number of hydrogen-bond donors (Lipinski definition) is 3. The molecule has 24 heavy (non-hydrogen) atoms. The molecule has 4 N–H and O–H groups in total. The molecule has 1 unspecified atom stereocenters. The Morgan fingerprint density at radius 1 is 1.17 bits per heavy atom. The first-order valence-electron chi connectivity index (χ1n) is 8.23. The van der Waals surface area contributed by atoms with E-state index in [1.807, 2.05) is 30.3 Å². The van der Waals surface area contributed by atoms with Crippen molar-refractivity contribution in [2.45, 2.75) is 45.2 Å². The van der Waals surface area contributed by atoms with Gasteiger partial charge in [0.05, 0.1) is 0 Å². The summed E-state index contributed by atoms with van der Waals surface area (Å²) in [5, 5.41) is 13.6. The number of aryl methyl sites for hydroxylation is 1. The summed E-state index contributed by atoms with van der Waals surface area (Å²) >= 11 is 0. The third-order valence-corrected chi connectivity index (χ3v) is 4.29. The number of hydrogen-bond acceptors (Lipinski definition) is 3. The summed E-state index contributed by atoms with van der Waals surface area (Å²) < 4.78 is 0. The third kappa shape index (κ3) is 4.83. The molecule has 0 fully saturated rings. The molecule has 2 aromatic carbocycles. The molecule has 0 aliphatic rings. The van der Waals surface area contributed by atoms with Crippen LogP contribution in [0.15, 0.2) is 48.5 Å². The Labute approximate surface area is 143 Å². The molecule has 2 aromatic rings. The van der Waals surface area contributed by atoms with Crippen LogP contribution < -0.4 is 11.1 Å².